The van der Waals surface area contributed by atoms with Crippen LogP contribution >= 0.6 is 20.2 Å². The molecule has 1 aromatic heterocycles. The fraction of sp³-hybridized carbons (Fsp3) is 0.182. The fourth-order valence-corrected chi connectivity index (χ4v) is 2.62. The van der Waals surface area contributed by atoms with Gasteiger partial charge in [-0.15, -0.1) is 11.4 Å². The van der Waals surface area contributed by atoms with E-state index in [1.54, 1.807) is 0 Å². The Morgan fingerprint density at radius 3 is 1.43 bits per heavy atom. The molecular weight excluding hydrogens is 433 g/mol. The van der Waals surface area contributed by atoms with Crippen molar-refractivity contribution in [3.63, 3.8) is 0 Å². The van der Waals surface area contributed by atoms with Gasteiger partial charge in [-0.3, -0.25) is 9.98 Å². The second-order valence-electron chi connectivity index (χ2n) is 6.23. The van der Waals surface area contributed by atoms with Crippen molar-refractivity contribution in [2.24, 2.45) is 9.98 Å². The van der Waals surface area contributed by atoms with Crippen molar-refractivity contribution in [2.75, 3.05) is 0 Å². The Morgan fingerprint density at radius 2 is 1.07 bits per heavy atom. The summed E-state index contributed by atoms with van der Waals surface area (Å²) in [6, 6.07) is 20.2. The molecule has 3 rings (SSSR count). The van der Waals surface area contributed by atoms with E-state index in [-0.39, 0.29) is 13.1 Å². The Kier molecular flexibility index (Phi) is 9.00. The van der Waals surface area contributed by atoms with Crippen LogP contribution in [0, 0.1) is 13.8 Å². The van der Waals surface area contributed by atoms with Crippen molar-refractivity contribution in [3.05, 3.63) is 83.2 Å². The molecule has 0 aliphatic carbocycles. The number of aromatic nitrogens is 1. The number of hydrogen-bond acceptors (Lipinski definition) is 2. The van der Waals surface area contributed by atoms with Crippen LogP contribution in [0.2, 0.25) is 0 Å². The predicted molar refractivity (Wildman–Crippen MR) is 118 cm³/mol. The quantitative estimate of drug-likeness (QED) is 0.311. The molecule has 0 amide bonds. The number of nitrogens with zero attached hydrogens (tertiary/aromatic N) is 3. The summed E-state index contributed by atoms with van der Waals surface area (Å²) in [5.41, 5.74) is 7.87. The van der Waals surface area contributed by atoms with Crippen molar-refractivity contribution >= 4 is 43.0 Å². The first kappa shape index (κ1) is 22.4. The van der Waals surface area contributed by atoms with Crippen LogP contribution in [0.15, 0.2) is 70.6 Å². The topological polar surface area (TPSA) is 38.8 Å². The third-order valence-corrected chi connectivity index (χ3v) is 4.19. The van der Waals surface area contributed by atoms with Crippen LogP contribution in [0.4, 0.5) is 11.4 Å². The van der Waals surface area contributed by atoms with E-state index in [1.165, 1.54) is 0 Å². The zero-order valence-corrected chi connectivity index (χ0v) is 18.8. The van der Waals surface area contributed by atoms with E-state index >= 15 is 0 Å². The molecule has 0 saturated carbocycles. The first-order chi connectivity index (χ1) is 13.5. The molecule has 0 atom stereocenters. The average molecular weight is 455 g/mol. The van der Waals surface area contributed by atoms with Gasteiger partial charge in [-0.1, -0.05) is 48.5 Å². The number of para-hydroxylation sites is 2. The van der Waals surface area contributed by atoms with Crippen molar-refractivity contribution in [1.29, 1.82) is 0 Å². The number of hydrogen-bond donors (Lipinski definition) is 0. The molecule has 1 heterocycles. The molecule has 6 heteroatoms. The van der Waals surface area contributed by atoms with E-state index in [0.717, 1.165) is 45.3 Å². The maximum atomic E-state index is 4.76. The summed E-state index contributed by atoms with van der Waals surface area (Å²) in [6.45, 7) is 8.11. The Labute approximate surface area is 181 Å². The van der Waals surface area contributed by atoms with Crippen LogP contribution in [0.3, 0.4) is 0 Å². The molecule has 2 aromatic carbocycles. The van der Waals surface area contributed by atoms with Crippen molar-refractivity contribution in [1.82, 2.24) is 4.98 Å². The van der Waals surface area contributed by atoms with Gasteiger partial charge in [0.05, 0.1) is 11.4 Å². The van der Waals surface area contributed by atoms with E-state index < -0.39 is 0 Å². The second-order valence-corrected chi connectivity index (χ2v) is 8.06. The first-order valence-electron chi connectivity index (χ1n) is 8.67. The van der Waals surface area contributed by atoms with Crippen LogP contribution in [-0.2, 0) is 13.1 Å². The summed E-state index contributed by atoms with van der Waals surface area (Å²) in [6.07, 6.45) is 0. The number of benzene rings is 2. The molecule has 0 N–H and O–H groups in total. The van der Waals surface area contributed by atoms with E-state index in [2.05, 4.69) is 26.0 Å². The van der Waals surface area contributed by atoms with Crippen LogP contribution in [0.5, 0.6) is 0 Å². The summed E-state index contributed by atoms with van der Waals surface area (Å²) < 4.78 is 0. The van der Waals surface area contributed by atoms with Gasteiger partial charge in [-0.05, 0) is 51.0 Å². The van der Waals surface area contributed by atoms with Crippen LogP contribution in [0.25, 0.3) is 0 Å². The summed E-state index contributed by atoms with van der Waals surface area (Å²) in [7, 11) is 9.53. The third-order valence-electron chi connectivity index (χ3n) is 4.19. The Hall–Kier alpha value is -1.84. The molecule has 3 nitrogen and oxygen atoms in total. The predicted octanol–water partition coefficient (Wildman–Crippen LogP) is 6.92. The Bertz CT molecular complexity index is 901. The van der Waals surface area contributed by atoms with Gasteiger partial charge in [0.2, 0.25) is 0 Å². The molecule has 28 heavy (non-hydrogen) atoms. The van der Waals surface area contributed by atoms with Crippen LogP contribution in [0.1, 0.15) is 36.4 Å². The molecule has 0 unspecified atom stereocenters. The van der Waals surface area contributed by atoms with Gasteiger partial charge in [0.1, 0.15) is 0 Å². The van der Waals surface area contributed by atoms with Gasteiger partial charge in [0.25, 0.3) is 0 Å². The average Bonchev–Trinajstić information content (AvgIpc) is 3.17. The molecule has 0 saturated heterocycles. The standard InChI is InChI=1S/C22H22N3.2ClH.Fe/c1-15-9-5-7-11-19(15)23-17(3)21-13-14-22(25-21)18(4)24-20-12-8-6-10-16(20)2;;;/h5-14H,1-4H3;2*1H;/q-1;;;+3/p-2. The van der Waals surface area contributed by atoms with Crippen molar-refractivity contribution in [3.8, 4) is 0 Å². The molecule has 0 radical (unpaired) electrons. The summed E-state index contributed by atoms with van der Waals surface area (Å²) in [5, 5.41) is 0. The first-order valence-corrected chi connectivity index (χ1v) is 11.7. The van der Waals surface area contributed by atoms with Crippen LogP contribution < -0.4 is 4.98 Å². The second kappa shape index (κ2) is 11.2. The molecule has 0 aliphatic heterocycles. The monoisotopic (exact) mass is 454 g/mol. The molecule has 0 spiro atoms. The van der Waals surface area contributed by atoms with E-state index in [0.29, 0.717) is 0 Å². The number of aryl methyl sites for hydroxylation is 2. The molecular formula is C22H22Cl2FeN3. The minimum absolute atomic E-state index is 0.194. The summed E-state index contributed by atoms with van der Waals surface area (Å²) >= 11 is 0.194. The van der Waals surface area contributed by atoms with Crippen molar-refractivity contribution in [2.45, 2.75) is 27.7 Å². The molecule has 147 valence electrons. The molecule has 0 bridgehead atoms. The maximum absolute atomic E-state index is 4.76. The van der Waals surface area contributed by atoms with Gasteiger partial charge < -0.3 is 4.98 Å². The molecule has 0 aliphatic rings. The SMILES string of the molecule is CC(=Nc1ccccc1C)c1ccc(C(C)=Nc2ccccc2C)[n-]1.[Cl][Fe+][Cl]. The molecule has 3 aromatic rings. The zero-order chi connectivity index (χ0) is 20.5. The normalized spacial score (nSPS) is 11.8. The van der Waals surface area contributed by atoms with Gasteiger partial charge in [0.15, 0.2) is 0 Å². The summed E-state index contributed by atoms with van der Waals surface area (Å²) in [4.78, 5) is 14.1. The number of rotatable bonds is 4. The Morgan fingerprint density at radius 1 is 0.714 bits per heavy atom. The van der Waals surface area contributed by atoms with Gasteiger partial charge in [-0.2, -0.15) is 0 Å². The zero-order valence-electron chi connectivity index (χ0n) is 16.2. The van der Waals surface area contributed by atoms with E-state index in [1.807, 2.05) is 62.4 Å². The number of halogens is 2. The fourth-order valence-electron chi connectivity index (χ4n) is 2.62. The van der Waals surface area contributed by atoms with Gasteiger partial charge in [-0.25, -0.2) is 0 Å². The van der Waals surface area contributed by atoms with E-state index in [9.17, 15) is 0 Å². The van der Waals surface area contributed by atoms with Crippen molar-refractivity contribution < 1.29 is 13.1 Å². The minimum atomic E-state index is 0.194. The third kappa shape index (κ3) is 6.35. The van der Waals surface area contributed by atoms with E-state index in [4.69, 9.17) is 35.2 Å². The summed E-state index contributed by atoms with van der Waals surface area (Å²) in [5.74, 6) is 0. The molecule has 0 fully saturated rings. The number of aliphatic imine (C=N–C) groups is 2. The Balaban J connectivity index is 0.000000878. The van der Waals surface area contributed by atoms with Gasteiger partial charge >= 0.3 is 33.3 Å². The van der Waals surface area contributed by atoms with Crippen LogP contribution in [-0.4, -0.2) is 11.4 Å². The van der Waals surface area contributed by atoms with Gasteiger partial charge in [0, 0.05) is 11.4 Å².